The van der Waals surface area contributed by atoms with Gasteiger partial charge in [-0.3, -0.25) is 4.79 Å². The van der Waals surface area contributed by atoms with Gasteiger partial charge in [0, 0.05) is 30.2 Å². The first-order valence-electron chi connectivity index (χ1n) is 8.43. The standard InChI is InChI=1S/C19H23FN2O3S2/c1-27(24,25)22(13-17-9-5-6-10-18(17)20)14-19(23)21-11-12-26-15-16-7-3-2-4-8-16/h2-10H,11-15H2,1H3,(H,21,23). The molecule has 0 unspecified atom stereocenters. The van der Waals surface area contributed by atoms with Crippen molar-refractivity contribution in [2.75, 3.05) is 25.1 Å². The highest BCUT2D eigenvalue weighted by Crippen LogP contribution is 2.13. The summed E-state index contributed by atoms with van der Waals surface area (Å²) in [5.41, 5.74) is 1.44. The predicted molar refractivity (Wildman–Crippen MR) is 107 cm³/mol. The van der Waals surface area contributed by atoms with Crippen molar-refractivity contribution < 1.29 is 17.6 Å². The predicted octanol–water partition coefficient (Wildman–Crippen LogP) is 2.64. The molecule has 8 heteroatoms. The van der Waals surface area contributed by atoms with Crippen LogP contribution in [0, 0.1) is 5.82 Å². The number of hydrogen-bond acceptors (Lipinski definition) is 4. The molecule has 1 amide bonds. The molecule has 0 aliphatic rings. The third-order valence-corrected chi connectivity index (χ3v) is 6.00. The van der Waals surface area contributed by atoms with Crippen LogP contribution < -0.4 is 5.32 Å². The average molecular weight is 411 g/mol. The molecule has 2 rings (SSSR count). The molecule has 2 aromatic carbocycles. The Bertz CT molecular complexity index is 845. The van der Waals surface area contributed by atoms with Crippen molar-refractivity contribution in [2.24, 2.45) is 0 Å². The summed E-state index contributed by atoms with van der Waals surface area (Å²) in [6.45, 7) is -0.0775. The molecule has 0 saturated carbocycles. The Kier molecular flexibility index (Phi) is 8.27. The highest BCUT2D eigenvalue weighted by molar-refractivity contribution is 7.98. The van der Waals surface area contributed by atoms with Crippen molar-refractivity contribution in [3.05, 3.63) is 71.5 Å². The first-order chi connectivity index (χ1) is 12.9. The molecule has 1 N–H and O–H groups in total. The van der Waals surface area contributed by atoms with Crippen LogP contribution >= 0.6 is 11.8 Å². The van der Waals surface area contributed by atoms with Crippen LogP contribution in [0.3, 0.4) is 0 Å². The van der Waals surface area contributed by atoms with E-state index in [0.29, 0.717) is 12.3 Å². The van der Waals surface area contributed by atoms with Crippen molar-refractivity contribution in [1.82, 2.24) is 9.62 Å². The van der Waals surface area contributed by atoms with Crippen LogP contribution in [-0.4, -0.2) is 43.7 Å². The van der Waals surface area contributed by atoms with Crippen LogP contribution in [0.1, 0.15) is 11.1 Å². The smallest absolute Gasteiger partial charge is 0.235 e. The zero-order chi connectivity index (χ0) is 19.7. The number of sulfonamides is 1. The van der Waals surface area contributed by atoms with Crippen LogP contribution in [0.5, 0.6) is 0 Å². The molecule has 0 spiro atoms. The van der Waals surface area contributed by atoms with Gasteiger partial charge in [-0.1, -0.05) is 48.5 Å². The molecule has 0 saturated heterocycles. The summed E-state index contributed by atoms with van der Waals surface area (Å²) in [6.07, 6.45) is 1.01. The van der Waals surface area contributed by atoms with Gasteiger partial charge in [0.2, 0.25) is 15.9 Å². The van der Waals surface area contributed by atoms with Crippen molar-refractivity contribution >= 4 is 27.7 Å². The Morgan fingerprint density at radius 2 is 1.78 bits per heavy atom. The Hall–Kier alpha value is -1.90. The fraction of sp³-hybridized carbons (Fsp3) is 0.316. The molecule has 0 aliphatic carbocycles. The van der Waals surface area contributed by atoms with Gasteiger partial charge in [-0.15, -0.1) is 0 Å². The van der Waals surface area contributed by atoms with Crippen LogP contribution in [0.25, 0.3) is 0 Å². The summed E-state index contributed by atoms with van der Waals surface area (Å²) in [4.78, 5) is 12.1. The molecular formula is C19H23FN2O3S2. The summed E-state index contributed by atoms with van der Waals surface area (Å²) in [5.74, 6) is 0.660. The molecule has 146 valence electrons. The van der Waals surface area contributed by atoms with Gasteiger partial charge >= 0.3 is 0 Å². The van der Waals surface area contributed by atoms with Gasteiger partial charge in [-0.05, 0) is 11.6 Å². The lowest BCUT2D eigenvalue weighted by Crippen LogP contribution is -2.40. The van der Waals surface area contributed by atoms with E-state index < -0.39 is 21.7 Å². The second-order valence-electron chi connectivity index (χ2n) is 6.01. The zero-order valence-electron chi connectivity index (χ0n) is 15.1. The lowest BCUT2D eigenvalue weighted by Gasteiger charge is -2.20. The lowest BCUT2D eigenvalue weighted by atomic mass is 10.2. The first-order valence-corrected chi connectivity index (χ1v) is 11.4. The van der Waals surface area contributed by atoms with Crippen molar-refractivity contribution in [2.45, 2.75) is 12.3 Å². The molecule has 0 bridgehead atoms. The Labute approximate surface area is 164 Å². The maximum absolute atomic E-state index is 13.8. The van der Waals surface area contributed by atoms with E-state index in [4.69, 9.17) is 0 Å². The zero-order valence-corrected chi connectivity index (χ0v) is 16.7. The molecule has 0 aliphatic heterocycles. The SMILES string of the molecule is CS(=O)(=O)N(CC(=O)NCCSCc1ccccc1)Cc1ccccc1F. The molecule has 5 nitrogen and oxygen atoms in total. The summed E-state index contributed by atoms with van der Waals surface area (Å²) in [6, 6.07) is 15.9. The van der Waals surface area contributed by atoms with E-state index in [1.807, 2.05) is 30.3 Å². The van der Waals surface area contributed by atoms with Crippen molar-refractivity contribution in [1.29, 1.82) is 0 Å². The number of thioether (sulfide) groups is 1. The minimum absolute atomic E-state index is 0.179. The second kappa shape index (κ2) is 10.4. The third kappa shape index (κ3) is 7.70. The number of benzene rings is 2. The van der Waals surface area contributed by atoms with Gasteiger partial charge in [-0.2, -0.15) is 16.1 Å². The first kappa shape index (κ1) is 21.4. The van der Waals surface area contributed by atoms with E-state index >= 15 is 0 Å². The lowest BCUT2D eigenvalue weighted by molar-refractivity contribution is -0.121. The minimum atomic E-state index is -3.65. The summed E-state index contributed by atoms with van der Waals surface area (Å²) in [7, 11) is -3.65. The van der Waals surface area contributed by atoms with E-state index in [1.54, 1.807) is 17.8 Å². The van der Waals surface area contributed by atoms with Gasteiger partial charge in [0.15, 0.2) is 0 Å². The number of carbonyl (C=O) groups excluding carboxylic acids is 1. The summed E-state index contributed by atoms with van der Waals surface area (Å²) < 4.78 is 38.6. The number of carbonyl (C=O) groups is 1. The molecular weight excluding hydrogens is 387 g/mol. The van der Waals surface area contributed by atoms with E-state index in [1.165, 1.54) is 23.8 Å². The van der Waals surface area contributed by atoms with Gasteiger partial charge in [0.05, 0.1) is 12.8 Å². The maximum atomic E-state index is 13.8. The molecule has 27 heavy (non-hydrogen) atoms. The van der Waals surface area contributed by atoms with E-state index in [0.717, 1.165) is 16.3 Å². The average Bonchev–Trinajstić information content (AvgIpc) is 2.62. The van der Waals surface area contributed by atoms with Crippen LogP contribution in [-0.2, 0) is 27.1 Å². The fourth-order valence-corrected chi connectivity index (χ4v) is 3.89. The van der Waals surface area contributed by atoms with Crippen LogP contribution in [0.4, 0.5) is 4.39 Å². The molecule has 0 atom stereocenters. The van der Waals surface area contributed by atoms with E-state index in [-0.39, 0.29) is 18.7 Å². The second-order valence-corrected chi connectivity index (χ2v) is 9.10. The highest BCUT2D eigenvalue weighted by Gasteiger charge is 2.21. The number of rotatable bonds is 10. The van der Waals surface area contributed by atoms with E-state index in [9.17, 15) is 17.6 Å². The summed E-state index contributed by atoms with van der Waals surface area (Å²) in [5, 5.41) is 2.71. The Balaban J connectivity index is 1.79. The molecule has 0 fully saturated rings. The topological polar surface area (TPSA) is 66.5 Å². The normalized spacial score (nSPS) is 11.5. The minimum Gasteiger partial charge on any atom is -0.354 e. The summed E-state index contributed by atoms with van der Waals surface area (Å²) >= 11 is 1.68. The van der Waals surface area contributed by atoms with Crippen molar-refractivity contribution in [3.8, 4) is 0 Å². The highest BCUT2D eigenvalue weighted by atomic mass is 32.2. The quantitative estimate of drug-likeness (QED) is 0.612. The molecule has 0 radical (unpaired) electrons. The molecule has 0 heterocycles. The van der Waals surface area contributed by atoms with Gasteiger partial charge in [-0.25, -0.2) is 12.8 Å². The number of nitrogens with zero attached hydrogens (tertiary/aromatic N) is 1. The third-order valence-electron chi connectivity index (χ3n) is 3.77. The Morgan fingerprint density at radius 1 is 1.11 bits per heavy atom. The maximum Gasteiger partial charge on any atom is 0.235 e. The molecule has 2 aromatic rings. The van der Waals surface area contributed by atoms with E-state index in [2.05, 4.69) is 5.32 Å². The van der Waals surface area contributed by atoms with Crippen LogP contribution in [0.15, 0.2) is 54.6 Å². The number of halogens is 1. The monoisotopic (exact) mass is 410 g/mol. The Morgan fingerprint density at radius 3 is 2.44 bits per heavy atom. The van der Waals surface area contributed by atoms with Gasteiger partial charge < -0.3 is 5.32 Å². The van der Waals surface area contributed by atoms with Gasteiger partial charge in [0.1, 0.15) is 5.82 Å². The van der Waals surface area contributed by atoms with Crippen molar-refractivity contribution in [3.63, 3.8) is 0 Å². The van der Waals surface area contributed by atoms with Gasteiger partial charge in [0.25, 0.3) is 0 Å². The van der Waals surface area contributed by atoms with Crippen LogP contribution in [0.2, 0.25) is 0 Å². The number of amides is 1. The number of nitrogens with one attached hydrogen (secondary N) is 1. The molecule has 0 aromatic heterocycles. The fourth-order valence-electron chi connectivity index (χ4n) is 2.35. The largest absolute Gasteiger partial charge is 0.354 e. The number of hydrogen-bond donors (Lipinski definition) is 1.